The van der Waals surface area contributed by atoms with Crippen molar-refractivity contribution in [3.8, 4) is 0 Å². The van der Waals surface area contributed by atoms with E-state index in [1.807, 2.05) is 100 Å². The maximum absolute atomic E-state index is 13.9. The van der Waals surface area contributed by atoms with Crippen molar-refractivity contribution in [1.29, 1.82) is 0 Å². The molecule has 3 aromatic carbocycles. The lowest BCUT2D eigenvalue weighted by Gasteiger charge is -2.31. The first kappa shape index (κ1) is 37.5. The summed E-state index contributed by atoms with van der Waals surface area (Å²) in [6.45, 7) is 8.03. The molecule has 0 unspecified atom stereocenters. The molecule has 47 heavy (non-hydrogen) atoms. The fourth-order valence-electron chi connectivity index (χ4n) is 5.68. The molecule has 9 nitrogen and oxygen atoms in total. The van der Waals surface area contributed by atoms with Crippen LogP contribution in [0.4, 0.5) is 4.79 Å². The Morgan fingerprint density at radius 2 is 1.38 bits per heavy atom. The van der Waals surface area contributed by atoms with Crippen molar-refractivity contribution in [2.24, 2.45) is 5.92 Å². The van der Waals surface area contributed by atoms with Gasteiger partial charge in [0.1, 0.15) is 18.7 Å². The second-order valence-corrected chi connectivity index (χ2v) is 12.7. The van der Waals surface area contributed by atoms with Crippen LogP contribution in [-0.2, 0) is 27.4 Å². The van der Waals surface area contributed by atoms with E-state index in [2.05, 4.69) is 16.0 Å². The van der Waals surface area contributed by atoms with Gasteiger partial charge in [0, 0.05) is 6.42 Å². The summed E-state index contributed by atoms with van der Waals surface area (Å²) >= 11 is 0. The van der Waals surface area contributed by atoms with E-state index in [4.69, 9.17) is 4.74 Å². The number of carbonyl (C=O) groups is 3. The smallest absolute Gasteiger partial charge is 0.408 e. The highest BCUT2D eigenvalue weighted by atomic mass is 16.5. The van der Waals surface area contributed by atoms with Gasteiger partial charge < -0.3 is 30.9 Å². The number of carbonyl (C=O) groups excluding carboxylic acids is 3. The van der Waals surface area contributed by atoms with E-state index < -0.39 is 48.2 Å². The number of hydrogen-bond donors (Lipinski definition) is 5. The normalized spacial score (nSPS) is 14.5. The van der Waals surface area contributed by atoms with E-state index >= 15 is 0 Å². The first-order valence-electron chi connectivity index (χ1n) is 17.0. The van der Waals surface area contributed by atoms with Crippen LogP contribution in [0.15, 0.2) is 72.8 Å². The average Bonchev–Trinajstić information content (AvgIpc) is 3.07. The number of ether oxygens (including phenoxy) is 1. The maximum Gasteiger partial charge on any atom is 0.408 e. The van der Waals surface area contributed by atoms with Crippen LogP contribution in [0.25, 0.3) is 10.8 Å². The molecule has 0 heterocycles. The van der Waals surface area contributed by atoms with Gasteiger partial charge in [-0.15, -0.1) is 0 Å². The van der Waals surface area contributed by atoms with Crippen molar-refractivity contribution in [2.45, 2.75) is 116 Å². The number of aliphatic hydroxyl groups is 2. The molecule has 9 heteroatoms. The Hall–Kier alpha value is -3.95. The van der Waals surface area contributed by atoms with Crippen molar-refractivity contribution in [2.75, 3.05) is 0 Å². The van der Waals surface area contributed by atoms with Crippen LogP contribution < -0.4 is 16.0 Å². The molecule has 0 saturated carbocycles. The highest BCUT2D eigenvalue weighted by Crippen LogP contribution is 2.21. The molecular weight excluding hydrogens is 594 g/mol. The lowest BCUT2D eigenvalue weighted by Crippen LogP contribution is -2.57. The van der Waals surface area contributed by atoms with Gasteiger partial charge in [0.25, 0.3) is 0 Å². The fourth-order valence-corrected chi connectivity index (χ4v) is 5.68. The van der Waals surface area contributed by atoms with Crippen LogP contribution in [0.1, 0.15) is 83.8 Å². The Bertz CT molecular complexity index is 1390. The quantitative estimate of drug-likeness (QED) is 0.112. The Morgan fingerprint density at radius 3 is 2.09 bits per heavy atom. The third-order valence-corrected chi connectivity index (χ3v) is 8.32. The second kappa shape index (κ2) is 19.7. The van der Waals surface area contributed by atoms with Crippen molar-refractivity contribution in [3.63, 3.8) is 0 Å². The van der Waals surface area contributed by atoms with E-state index in [1.54, 1.807) is 0 Å². The molecule has 0 bridgehead atoms. The van der Waals surface area contributed by atoms with Crippen LogP contribution in [-0.4, -0.2) is 58.5 Å². The SMILES string of the molecule is CCCC[C@H](NC(=O)[C@H](Cc1cccc2ccccc12)NC(=O)OCc1ccccc1)C(=O)N[C@@H](CC(C)C)[C@@H](O)[C@@H](O)CCCC. The van der Waals surface area contributed by atoms with Crippen molar-refractivity contribution in [1.82, 2.24) is 16.0 Å². The van der Waals surface area contributed by atoms with E-state index in [1.165, 1.54) is 0 Å². The molecule has 5 N–H and O–H groups in total. The van der Waals surface area contributed by atoms with E-state index in [0.717, 1.165) is 41.2 Å². The standard InChI is InChI=1S/C38H53N3O6/c1-5-7-21-31(36(44)40-32(23-26(3)4)35(43)34(42)22-8-6-2)39-37(45)33(41-38(46)47-25-27-15-10-9-11-16-27)24-29-19-14-18-28-17-12-13-20-30(28)29/h9-20,26,31-35,42-43H,5-8,21-25H2,1-4H3,(H,39,45)(H,40,44)(H,41,46)/t31-,32-,33-,34-,35+/m0/s1. The van der Waals surface area contributed by atoms with Gasteiger partial charge in [-0.2, -0.15) is 0 Å². The van der Waals surface area contributed by atoms with Crippen LogP contribution in [0, 0.1) is 5.92 Å². The van der Waals surface area contributed by atoms with Gasteiger partial charge in [0.05, 0.1) is 18.2 Å². The van der Waals surface area contributed by atoms with Gasteiger partial charge in [-0.3, -0.25) is 9.59 Å². The molecule has 3 rings (SSSR count). The van der Waals surface area contributed by atoms with Crippen LogP contribution in [0.3, 0.4) is 0 Å². The maximum atomic E-state index is 13.9. The predicted octanol–water partition coefficient (Wildman–Crippen LogP) is 5.80. The summed E-state index contributed by atoms with van der Waals surface area (Å²) in [7, 11) is 0. The molecule has 0 spiro atoms. The Labute approximate surface area is 279 Å². The van der Waals surface area contributed by atoms with Gasteiger partial charge in [-0.25, -0.2) is 4.79 Å². The lowest BCUT2D eigenvalue weighted by atomic mass is 9.93. The second-order valence-electron chi connectivity index (χ2n) is 12.7. The zero-order valence-corrected chi connectivity index (χ0v) is 28.3. The predicted molar refractivity (Wildman–Crippen MR) is 186 cm³/mol. The van der Waals surface area contributed by atoms with Crippen LogP contribution in [0.5, 0.6) is 0 Å². The van der Waals surface area contributed by atoms with Gasteiger partial charge in [-0.1, -0.05) is 126 Å². The van der Waals surface area contributed by atoms with E-state index in [0.29, 0.717) is 25.7 Å². The summed E-state index contributed by atoms with van der Waals surface area (Å²) in [5, 5.41) is 32.2. The summed E-state index contributed by atoms with van der Waals surface area (Å²) in [6, 6.07) is 20.3. The Morgan fingerprint density at radius 1 is 0.745 bits per heavy atom. The minimum atomic E-state index is -1.14. The highest BCUT2D eigenvalue weighted by Gasteiger charge is 2.32. The van der Waals surface area contributed by atoms with Gasteiger partial charge in [-0.05, 0) is 47.1 Å². The van der Waals surface area contributed by atoms with E-state index in [-0.39, 0.29) is 18.9 Å². The summed E-state index contributed by atoms with van der Waals surface area (Å²) in [6.07, 6.45) is 1.69. The number of hydrogen-bond acceptors (Lipinski definition) is 6. The molecule has 0 radical (unpaired) electrons. The average molecular weight is 648 g/mol. The van der Waals surface area contributed by atoms with Gasteiger partial charge >= 0.3 is 6.09 Å². The molecule has 0 aliphatic rings. The minimum Gasteiger partial charge on any atom is -0.445 e. The lowest BCUT2D eigenvalue weighted by molar-refractivity contribution is -0.131. The third-order valence-electron chi connectivity index (χ3n) is 8.32. The minimum absolute atomic E-state index is 0.0421. The zero-order valence-electron chi connectivity index (χ0n) is 28.3. The summed E-state index contributed by atoms with van der Waals surface area (Å²) in [5.74, 6) is -0.808. The largest absolute Gasteiger partial charge is 0.445 e. The number of fused-ring (bicyclic) bond motifs is 1. The number of rotatable bonds is 19. The van der Waals surface area contributed by atoms with Crippen molar-refractivity contribution in [3.05, 3.63) is 83.9 Å². The first-order chi connectivity index (χ1) is 22.6. The number of unbranched alkanes of at least 4 members (excludes halogenated alkanes) is 2. The monoisotopic (exact) mass is 647 g/mol. The molecular formula is C38H53N3O6. The Kier molecular flexibility index (Phi) is 15.7. The molecule has 0 aliphatic carbocycles. The number of nitrogens with one attached hydrogen (secondary N) is 3. The number of amides is 3. The van der Waals surface area contributed by atoms with Crippen LogP contribution in [0.2, 0.25) is 0 Å². The fraction of sp³-hybridized carbons (Fsp3) is 0.500. The van der Waals surface area contributed by atoms with Crippen LogP contribution >= 0.6 is 0 Å². The molecule has 3 aromatic rings. The van der Waals surface area contributed by atoms with Crippen molar-refractivity contribution < 1.29 is 29.3 Å². The van der Waals surface area contributed by atoms with Gasteiger partial charge in [0.2, 0.25) is 11.8 Å². The summed E-state index contributed by atoms with van der Waals surface area (Å²) < 4.78 is 5.46. The Balaban J connectivity index is 1.82. The topological polar surface area (TPSA) is 137 Å². The number of aliphatic hydroxyl groups excluding tert-OH is 2. The number of alkyl carbamates (subject to hydrolysis) is 1. The van der Waals surface area contributed by atoms with Gasteiger partial charge in [0.15, 0.2) is 0 Å². The molecule has 0 aliphatic heterocycles. The molecule has 0 fully saturated rings. The first-order valence-corrected chi connectivity index (χ1v) is 17.0. The zero-order chi connectivity index (χ0) is 34.2. The summed E-state index contributed by atoms with van der Waals surface area (Å²) in [4.78, 5) is 40.7. The molecule has 256 valence electrons. The molecule has 0 saturated heterocycles. The highest BCUT2D eigenvalue weighted by molar-refractivity contribution is 5.92. The van der Waals surface area contributed by atoms with E-state index in [9.17, 15) is 24.6 Å². The third kappa shape index (κ3) is 12.3. The molecule has 5 atom stereocenters. The number of benzene rings is 3. The van der Waals surface area contributed by atoms with Crippen molar-refractivity contribution >= 4 is 28.7 Å². The molecule has 3 amide bonds. The summed E-state index contributed by atoms with van der Waals surface area (Å²) in [5.41, 5.74) is 1.68. The molecule has 0 aromatic heterocycles.